The maximum absolute atomic E-state index is 2.47. The molecule has 2 heterocycles. The molecule has 0 saturated heterocycles. The van der Waals surface area contributed by atoms with Gasteiger partial charge in [0.05, 0.1) is 11.0 Å². The highest BCUT2D eigenvalue weighted by Gasteiger charge is 2.19. The second-order valence-electron chi connectivity index (χ2n) is 15.4. The third kappa shape index (κ3) is 5.62. The van der Waals surface area contributed by atoms with Crippen LogP contribution in [0.3, 0.4) is 0 Å². The molecule has 0 radical (unpaired) electrons. The summed E-state index contributed by atoms with van der Waals surface area (Å²) in [5.74, 6) is 0. The van der Waals surface area contributed by atoms with Gasteiger partial charge in [-0.1, -0.05) is 140 Å². The lowest BCUT2D eigenvalue weighted by molar-refractivity contribution is 1.19. The first-order valence-electron chi connectivity index (χ1n) is 20.2. The molecule has 0 N–H and O–H groups in total. The summed E-state index contributed by atoms with van der Waals surface area (Å²) < 4.78 is 5.07. The van der Waals surface area contributed by atoms with E-state index in [4.69, 9.17) is 0 Å². The average molecular weight is 769 g/mol. The van der Waals surface area contributed by atoms with E-state index in [1.165, 1.54) is 91.5 Å². The van der Waals surface area contributed by atoms with E-state index in [0.29, 0.717) is 0 Å². The first-order chi connectivity index (χ1) is 29.2. The van der Waals surface area contributed by atoms with Crippen molar-refractivity contribution in [3.8, 4) is 27.9 Å². The average Bonchev–Trinajstić information content (AvgIpc) is 3.84. The molecule has 0 amide bonds. The van der Waals surface area contributed by atoms with Gasteiger partial charge in [0.1, 0.15) is 0 Å². The van der Waals surface area contributed by atoms with E-state index in [9.17, 15) is 0 Å². The summed E-state index contributed by atoms with van der Waals surface area (Å²) in [5, 5.41) is 10.1. The van der Waals surface area contributed by atoms with Crippen LogP contribution in [0.4, 0.5) is 17.1 Å². The molecular weight excluding hydrogens is 733 g/mol. The lowest BCUT2D eigenvalue weighted by Crippen LogP contribution is -2.09. The molecule has 2 nitrogen and oxygen atoms in total. The molecule has 0 spiro atoms. The zero-order valence-electron chi connectivity index (χ0n) is 32.1. The lowest BCUT2D eigenvalue weighted by atomic mass is 10.00. The number of fused-ring (bicyclic) bond motifs is 8. The zero-order chi connectivity index (χ0) is 38.9. The summed E-state index contributed by atoms with van der Waals surface area (Å²) >= 11 is 1.88. The minimum absolute atomic E-state index is 1.11. The van der Waals surface area contributed by atoms with Gasteiger partial charge in [-0.2, -0.15) is 0 Å². The van der Waals surface area contributed by atoms with E-state index in [2.05, 4.69) is 228 Å². The predicted molar refractivity (Wildman–Crippen MR) is 254 cm³/mol. The number of rotatable bonds is 6. The second kappa shape index (κ2) is 13.6. The number of benzene rings is 10. The van der Waals surface area contributed by atoms with E-state index in [1.807, 2.05) is 11.3 Å². The van der Waals surface area contributed by atoms with Gasteiger partial charge in [-0.15, -0.1) is 11.3 Å². The monoisotopic (exact) mass is 768 g/mol. The largest absolute Gasteiger partial charge is 0.311 e. The van der Waals surface area contributed by atoms with Crippen LogP contribution in [-0.4, -0.2) is 4.57 Å². The van der Waals surface area contributed by atoms with E-state index in [0.717, 1.165) is 17.1 Å². The molecule has 59 heavy (non-hydrogen) atoms. The van der Waals surface area contributed by atoms with E-state index in [-0.39, 0.29) is 0 Å². The Hall–Kier alpha value is -7.46. The fourth-order valence-corrected chi connectivity index (χ4v) is 10.3. The molecule has 0 aliphatic carbocycles. The normalized spacial score (nSPS) is 11.7. The van der Waals surface area contributed by atoms with Crippen LogP contribution in [0, 0.1) is 0 Å². The highest BCUT2D eigenvalue weighted by molar-refractivity contribution is 7.26. The maximum atomic E-state index is 2.47. The van der Waals surface area contributed by atoms with Crippen LogP contribution in [0.1, 0.15) is 0 Å². The Bertz CT molecular complexity index is 3540. The van der Waals surface area contributed by atoms with E-state index in [1.54, 1.807) is 0 Å². The number of para-hydroxylation sites is 2. The van der Waals surface area contributed by atoms with Crippen molar-refractivity contribution in [1.29, 1.82) is 0 Å². The molecule has 276 valence electrons. The fourth-order valence-electron chi connectivity index (χ4n) is 9.07. The molecule has 0 aliphatic rings. The van der Waals surface area contributed by atoms with Gasteiger partial charge in [-0.05, 0) is 117 Å². The molecule has 3 heteroatoms. The first-order valence-corrected chi connectivity index (χ1v) is 21.0. The van der Waals surface area contributed by atoms with Crippen molar-refractivity contribution >= 4 is 91.9 Å². The minimum atomic E-state index is 1.11. The van der Waals surface area contributed by atoms with Crippen LogP contribution in [0.2, 0.25) is 0 Å². The van der Waals surface area contributed by atoms with Crippen molar-refractivity contribution in [1.82, 2.24) is 4.57 Å². The Balaban J connectivity index is 1.00. The quantitative estimate of drug-likeness (QED) is 0.164. The van der Waals surface area contributed by atoms with Crippen LogP contribution in [0.15, 0.2) is 218 Å². The number of aromatic nitrogens is 1. The molecular formula is C56H36N2S. The molecule has 0 bridgehead atoms. The number of nitrogens with zero attached hydrogens (tertiary/aromatic N) is 2. The Morgan fingerprint density at radius 1 is 0.339 bits per heavy atom. The third-order valence-corrected chi connectivity index (χ3v) is 13.1. The van der Waals surface area contributed by atoms with E-state index < -0.39 is 0 Å². The summed E-state index contributed by atoms with van der Waals surface area (Å²) in [6.45, 7) is 0. The number of hydrogen-bond donors (Lipinski definition) is 0. The van der Waals surface area contributed by atoms with Crippen LogP contribution >= 0.6 is 11.3 Å². The molecule has 12 rings (SSSR count). The van der Waals surface area contributed by atoms with Gasteiger partial charge in [-0.3, -0.25) is 0 Å². The van der Waals surface area contributed by atoms with Gasteiger partial charge in [0.25, 0.3) is 0 Å². The molecule has 0 atom stereocenters. The molecule has 0 saturated carbocycles. The van der Waals surface area contributed by atoms with Gasteiger partial charge in [0.2, 0.25) is 0 Å². The van der Waals surface area contributed by atoms with Gasteiger partial charge in [0.15, 0.2) is 0 Å². The Morgan fingerprint density at radius 3 is 1.68 bits per heavy atom. The lowest BCUT2D eigenvalue weighted by Gasteiger charge is -2.26. The van der Waals surface area contributed by atoms with Crippen molar-refractivity contribution < 1.29 is 0 Å². The molecule has 0 unspecified atom stereocenters. The molecule has 0 fully saturated rings. The topological polar surface area (TPSA) is 8.17 Å². The zero-order valence-corrected chi connectivity index (χ0v) is 32.9. The van der Waals surface area contributed by atoms with Crippen molar-refractivity contribution in [2.45, 2.75) is 0 Å². The second-order valence-corrected chi connectivity index (χ2v) is 16.4. The molecule has 10 aromatic carbocycles. The fraction of sp³-hybridized carbons (Fsp3) is 0. The van der Waals surface area contributed by atoms with Gasteiger partial charge < -0.3 is 9.47 Å². The number of anilines is 3. The van der Waals surface area contributed by atoms with Crippen molar-refractivity contribution in [2.24, 2.45) is 0 Å². The van der Waals surface area contributed by atoms with Crippen LogP contribution < -0.4 is 4.90 Å². The Labute approximate surface area is 346 Å². The smallest absolute Gasteiger partial charge is 0.0547 e. The van der Waals surface area contributed by atoms with Crippen molar-refractivity contribution in [2.75, 3.05) is 4.90 Å². The summed E-state index contributed by atoms with van der Waals surface area (Å²) in [6.07, 6.45) is 0. The summed E-state index contributed by atoms with van der Waals surface area (Å²) in [4.78, 5) is 2.35. The molecule has 2 aromatic heterocycles. The van der Waals surface area contributed by atoms with Crippen LogP contribution in [0.5, 0.6) is 0 Å². The molecule has 0 aliphatic heterocycles. The van der Waals surface area contributed by atoms with Crippen molar-refractivity contribution in [3.05, 3.63) is 218 Å². The molecule has 12 aromatic rings. The summed E-state index contributed by atoms with van der Waals surface area (Å²) in [5.41, 5.74) is 11.8. The SMILES string of the molecule is c1ccc(N(c2ccc(-c3ccc4ccccc4c3)cc2)c2ccc(-c3cc(-n4c5ccccc5c5cc6ccccc6cc54)cc4c3sc3ccccc34)cc2)cc1. The Kier molecular flexibility index (Phi) is 7.75. The summed E-state index contributed by atoms with van der Waals surface area (Å²) in [6, 6.07) is 80.0. The van der Waals surface area contributed by atoms with E-state index >= 15 is 0 Å². The minimum Gasteiger partial charge on any atom is -0.311 e. The third-order valence-electron chi connectivity index (χ3n) is 11.9. The van der Waals surface area contributed by atoms with Crippen LogP contribution in [-0.2, 0) is 0 Å². The number of hydrogen-bond acceptors (Lipinski definition) is 2. The van der Waals surface area contributed by atoms with Gasteiger partial charge in [0, 0.05) is 59.3 Å². The van der Waals surface area contributed by atoms with Crippen LogP contribution in [0.25, 0.3) is 91.5 Å². The van der Waals surface area contributed by atoms with Crippen molar-refractivity contribution in [3.63, 3.8) is 0 Å². The number of thiophene rings is 1. The first kappa shape index (κ1) is 33.7. The summed E-state index contributed by atoms with van der Waals surface area (Å²) in [7, 11) is 0. The predicted octanol–water partition coefficient (Wildman–Crippen LogP) is 16.3. The highest BCUT2D eigenvalue weighted by atomic mass is 32.1. The van der Waals surface area contributed by atoms with Gasteiger partial charge >= 0.3 is 0 Å². The Morgan fingerprint density at radius 2 is 0.915 bits per heavy atom. The standard InChI is InChI=1S/C56H36N2S/c1-2-16-44(17-3-1)57(45-28-24-38(25-29-45)43-23-22-37-12-4-5-13-40(37)32-43)46-30-26-39(27-31-46)50-35-47(36-52-49-19-9-11-21-55(49)59-56(50)52)58-53-20-10-8-18-48(53)51-33-41-14-6-7-15-42(41)34-54(51)58/h1-36H. The maximum Gasteiger partial charge on any atom is 0.0547 e. The van der Waals surface area contributed by atoms with Gasteiger partial charge in [-0.25, -0.2) is 0 Å². The highest BCUT2D eigenvalue weighted by Crippen LogP contribution is 2.45.